The maximum atomic E-state index is 14.7. The lowest BCUT2D eigenvalue weighted by molar-refractivity contribution is 0.103. The molecule has 0 saturated heterocycles. The standard InChI is InChI=1S/C63H26F4N8O5S5/c1-62(2)35-17-43(83-58(35)60-41(79-62)11-25(81-60)9-33-45(23(19-68)20-69)29-13-37(64)39(66)15-31(29)55(33)76)47-50-51(73-54-49(72-50)27-7-5-6-8-28(27)57(54)78)48(53-52(47)74-85-75-53)44-18-36-59(84-44)61-42(80-63(36,3)4)12-26(82-61)10-34-46(24(21-70)22-71)30-14-38(65)40(67)16-32(30)56(34)77/h5-18H,1-4H3/b33-9-,34-10-. The second kappa shape index (κ2) is 18.0. The molecular weight excluding hydrogens is 1190 g/mol. The molecule has 2 aliphatic heterocycles. The lowest BCUT2D eigenvalue weighted by Gasteiger charge is -2.31. The summed E-state index contributed by atoms with van der Waals surface area (Å²) in [6.45, 7) is 7.65. The summed E-state index contributed by atoms with van der Waals surface area (Å²) in [5, 5.41) is 39.8. The number of halogens is 4. The van der Waals surface area contributed by atoms with Gasteiger partial charge in [-0.1, -0.05) is 24.3 Å². The molecule has 0 amide bonds. The van der Waals surface area contributed by atoms with Crippen LogP contribution in [0.2, 0.25) is 0 Å². The minimum atomic E-state index is -1.25. The first-order valence-electron chi connectivity index (χ1n) is 25.5. The second-order valence-corrected chi connectivity index (χ2v) is 26.0. The number of carbonyl (C=O) groups is 3. The van der Waals surface area contributed by atoms with Crippen LogP contribution in [0.1, 0.15) is 96.5 Å². The molecule has 0 unspecified atom stereocenters. The molecule has 0 N–H and O–H groups in total. The van der Waals surface area contributed by atoms with E-state index in [1.807, 2.05) is 52.0 Å². The van der Waals surface area contributed by atoms with Gasteiger partial charge in [0.25, 0.3) is 0 Å². The number of carbonyl (C=O) groups excluding carboxylic acids is 3. The van der Waals surface area contributed by atoms with Crippen LogP contribution < -0.4 is 9.47 Å². The summed E-state index contributed by atoms with van der Waals surface area (Å²) in [6.07, 6.45) is 2.99. The van der Waals surface area contributed by atoms with Crippen molar-refractivity contribution >= 4 is 120 Å². The number of allylic oxidation sites excluding steroid dienone is 6. The van der Waals surface area contributed by atoms with Crippen LogP contribution in [0, 0.1) is 68.6 Å². The highest BCUT2D eigenvalue weighted by molar-refractivity contribution is 7.25. The van der Waals surface area contributed by atoms with Crippen LogP contribution in [0.15, 0.2) is 95.1 Å². The number of hydrogen-bond acceptors (Lipinski definition) is 18. The molecule has 0 bridgehead atoms. The molecule has 6 aromatic heterocycles. The highest BCUT2D eigenvalue weighted by Crippen LogP contribution is 2.59. The lowest BCUT2D eigenvalue weighted by Crippen LogP contribution is -2.27. The maximum absolute atomic E-state index is 14.7. The predicted octanol–water partition coefficient (Wildman–Crippen LogP) is 15.7. The van der Waals surface area contributed by atoms with Gasteiger partial charge in [0, 0.05) is 86.3 Å². The van der Waals surface area contributed by atoms with Crippen molar-refractivity contribution in [3.05, 3.63) is 173 Å². The highest BCUT2D eigenvalue weighted by Gasteiger charge is 2.42. The van der Waals surface area contributed by atoms with Crippen molar-refractivity contribution in [2.75, 3.05) is 0 Å². The summed E-state index contributed by atoms with van der Waals surface area (Å²) in [5.41, 5.74) is 2.48. The largest absolute Gasteiger partial charge is 0.482 e. The van der Waals surface area contributed by atoms with Gasteiger partial charge in [0.2, 0.25) is 5.78 Å². The van der Waals surface area contributed by atoms with Gasteiger partial charge in [-0.05, 0) is 99.5 Å². The molecule has 3 aliphatic carbocycles. The van der Waals surface area contributed by atoms with Crippen LogP contribution >= 0.6 is 57.1 Å². The number of rotatable bonds is 4. The van der Waals surface area contributed by atoms with Gasteiger partial charge in [-0.3, -0.25) is 14.4 Å². The predicted molar refractivity (Wildman–Crippen MR) is 314 cm³/mol. The monoisotopic (exact) mass is 1210 g/mol. The number of Topliss-reactive ketones (excluding diaryl/α,β-unsaturated/α-hetero) is 2. The van der Waals surface area contributed by atoms with Gasteiger partial charge in [-0.15, -0.1) is 45.3 Å². The van der Waals surface area contributed by atoms with Crippen molar-refractivity contribution in [2.24, 2.45) is 0 Å². The van der Waals surface area contributed by atoms with Crippen molar-refractivity contribution in [3.63, 3.8) is 0 Å². The molecule has 22 heteroatoms. The van der Waals surface area contributed by atoms with E-state index >= 15 is 0 Å². The van der Waals surface area contributed by atoms with Crippen LogP contribution in [0.4, 0.5) is 17.6 Å². The number of ether oxygens (including phenoxy) is 2. The van der Waals surface area contributed by atoms with Crippen LogP contribution in [0.5, 0.6) is 11.5 Å². The topological polar surface area (TPSA) is 216 Å². The van der Waals surface area contributed by atoms with Crippen molar-refractivity contribution in [2.45, 2.75) is 38.9 Å². The van der Waals surface area contributed by atoms with E-state index in [2.05, 4.69) is 0 Å². The van der Waals surface area contributed by atoms with E-state index in [0.717, 1.165) is 56.9 Å². The third-order valence-corrected chi connectivity index (χ3v) is 20.8. The molecule has 0 saturated carbocycles. The number of fused-ring (bicyclic) bond motifs is 13. The molecule has 5 aliphatic rings. The van der Waals surface area contributed by atoms with Crippen molar-refractivity contribution < 1.29 is 41.4 Å². The molecule has 0 radical (unpaired) electrons. The molecule has 0 spiro atoms. The Hall–Kier alpha value is -9.91. The Morgan fingerprint density at radius 1 is 0.494 bits per heavy atom. The van der Waals surface area contributed by atoms with Crippen LogP contribution in [0.25, 0.3) is 97.0 Å². The molecule has 13 nitrogen and oxygen atoms in total. The first-order chi connectivity index (χ1) is 40.8. The van der Waals surface area contributed by atoms with Gasteiger partial charge < -0.3 is 9.47 Å². The smallest absolute Gasteiger partial charge is 0.214 e. The normalized spacial score (nSPS) is 16.2. The van der Waals surface area contributed by atoms with Gasteiger partial charge in [-0.2, -0.15) is 29.8 Å². The molecular formula is C63H26F4N8O5S5. The number of thiophene rings is 4. The molecule has 85 heavy (non-hydrogen) atoms. The summed E-state index contributed by atoms with van der Waals surface area (Å²) < 4.78 is 81.7. The van der Waals surface area contributed by atoms with E-state index in [1.165, 1.54) is 57.5 Å². The van der Waals surface area contributed by atoms with Crippen molar-refractivity contribution in [1.29, 1.82) is 21.0 Å². The average Bonchev–Trinajstić information content (AvgIpc) is 1.73. The first-order valence-corrected chi connectivity index (χ1v) is 29.5. The number of nitriles is 4. The number of ketones is 3. The Morgan fingerprint density at radius 3 is 1.34 bits per heavy atom. The summed E-state index contributed by atoms with van der Waals surface area (Å²) in [4.78, 5) is 58.2. The summed E-state index contributed by atoms with van der Waals surface area (Å²) >= 11 is 6.40. The number of hydrogen-bond donors (Lipinski definition) is 0. The molecule has 0 fully saturated rings. The number of nitrogens with zero attached hydrogens (tertiary/aromatic N) is 8. The maximum Gasteiger partial charge on any atom is 0.214 e. The fraction of sp³-hybridized carbons (Fsp3) is 0.0952. The van der Waals surface area contributed by atoms with E-state index in [9.17, 15) is 53.0 Å². The average molecular weight is 1210 g/mol. The lowest BCUT2D eigenvalue weighted by atomic mass is 9.93. The van der Waals surface area contributed by atoms with Gasteiger partial charge >= 0.3 is 0 Å². The van der Waals surface area contributed by atoms with Crippen molar-refractivity contribution in [3.8, 4) is 87.4 Å². The number of aromatic nitrogens is 4. The Labute approximate surface area is 496 Å². The van der Waals surface area contributed by atoms with E-state index in [0.29, 0.717) is 90.8 Å². The zero-order chi connectivity index (χ0) is 59.0. The summed E-state index contributed by atoms with van der Waals surface area (Å²) in [5.74, 6) is -5.70. The Morgan fingerprint density at radius 2 is 0.906 bits per heavy atom. The van der Waals surface area contributed by atoms with E-state index in [-0.39, 0.29) is 56.0 Å². The van der Waals surface area contributed by atoms with Crippen LogP contribution in [-0.4, -0.2) is 36.1 Å². The van der Waals surface area contributed by atoms with Gasteiger partial charge in [-0.25, -0.2) is 27.5 Å². The molecule has 10 aromatic rings. The molecule has 0 atom stereocenters. The third-order valence-electron chi connectivity index (χ3n) is 15.5. The fourth-order valence-electron chi connectivity index (χ4n) is 11.7. The fourth-order valence-corrected chi connectivity index (χ4v) is 17.4. The Bertz CT molecular complexity index is 5240. The minimum absolute atomic E-state index is 0.0635. The van der Waals surface area contributed by atoms with E-state index < -0.39 is 57.2 Å². The van der Waals surface area contributed by atoms with Crippen molar-refractivity contribution in [1.82, 2.24) is 18.7 Å². The molecule has 8 heterocycles. The second-order valence-electron chi connectivity index (χ2n) is 21.2. The van der Waals surface area contributed by atoms with Gasteiger partial charge in [0.1, 0.15) is 91.6 Å². The van der Waals surface area contributed by atoms with Gasteiger partial charge in [0.15, 0.2) is 34.8 Å². The zero-order valence-corrected chi connectivity index (χ0v) is 47.8. The Kier molecular flexibility index (Phi) is 11.0. The van der Waals surface area contributed by atoms with Crippen LogP contribution in [0.3, 0.4) is 0 Å². The first kappa shape index (κ1) is 51.9. The highest BCUT2D eigenvalue weighted by atomic mass is 32.1. The summed E-state index contributed by atoms with van der Waals surface area (Å²) in [7, 11) is 0. The van der Waals surface area contributed by atoms with E-state index in [4.69, 9.17) is 28.2 Å². The number of benzene rings is 4. The molecule has 4 aromatic carbocycles. The summed E-state index contributed by atoms with van der Waals surface area (Å²) in [6, 6.07) is 25.0. The zero-order valence-electron chi connectivity index (χ0n) is 43.8. The molecule has 406 valence electrons. The quantitative estimate of drug-likeness (QED) is 0.0911. The van der Waals surface area contributed by atoms with Crippen LogP contribution in [-0.2, 0) is 11.2 Å². The van der Waals surface area contributed by atoms with E-state index in [1.54, 1.807) is 48.5 Å². The third kappa shape index (κ3) is 7.34. The Balaban J connectivity index is 0.897. The van der Waals surface area contributed by atoms with Gasteiger partial charge in [0.05, 0.1) is 31.2 Å². The molecule has 15 rings (SSSR count). The minimum Gasteiger partial charge on any atom is -0.482 e. The SMILES string of the molecule is CC1(C)Oc2cc(/C=C3\C(=O)c4cc(F)c(F)cc4C3=C(C#N)C#N)sc2-c2sc(-c3c4nsnc4c(-c4cc5c(s4)-c4sc(/C=C6\C(=O)c7cc(F)c(F)cc7C6=C(C#N)C#N)cc4OC5(C)C)c4nc5c(nc34)C(=O)c3ccccc3-5)cc21.